The summed E-state index contributed by atoms with van der Waals surface area (Å²) < 4.78 is 0. The van der Waals surface area contributed by atoms with E-state index in [2.05, 4.69) is 0 Å². The molecule has 0 bridgehead atoms. The summed E-state index contributed by atoms with van der Waals surface area (Å²) in [5.74, 6) is 0. The number of anilines is 1. The molecular weight excluding hydrogens is 210 g/mol. The lowest BCUT2D eigenvalue weighted by Gasteiger charge is -2.19. The number of amides is 2. The molecule has 0 unspecified atom stereocenters. The van der Waals surface area contributed by atoms with E-state index < -0.39 is 6.03 Å². The van der Waals surface area contributed by atoms with Gasteiger partial charge in [0, 0.05) is 18.8 Å². The van der Waals surface area contributed by atoms with Gasteiger partial charge in [-0.3, -0.25) is 4.90 Å². The third-order valence-corrected chi connectivity index (χ3v) is 2.78. The van der Waals surface area contributed by atoms with E-state index >= 15 is 0 Å². The minimum absolute atomic E-state index is 0.480. The van der Waals surface area contributed by atoms with Crippen LogP contribution < -0.4 is 10.6 Å². The van der Waals surface area contributed by atoms with Crippen molar-refractivity contribution in [2.75, 3.05) is 18.0 Å². The largest absolute Gasteiger partial charge is 0.351 e. The minimum Gasteiger partial charge on any atom is -0.351 e. The maximum Gasteiger partial charge on any atom is 0.321 e. The molecule has 1 aliphatic rings. The molecule has 0 saturated carbocycles. The zero-order valence-electron chi connectivity index (χ0n) is 8.09. The molecule has 4 nitrogen and oxygen atoms in total. The molecule has 1 saturated heterocycles. The van der Waals surface area contributed by atoms with Crippen molar-refractivity contribution in [1.82, 2.24) is 4.90 Å². The SMILES string of the molecule is NC(=O)N1CCN(c2ccccc2)C1=S. The number of hydrogen-bond donors (Lipinski definition) is 1. The van der Waals surface area contributed by atoms with Crippen LogP contribution in [-0.2, 0) is 0 Å². The van der Waals surface area contributed by atoms with E-state index in [0.717, 1.165) is 5.69 Å². The van der Waals surface area contributed by atoms with Crippen molar-refractivity contribution >= 4 is 29.0 Å². The van der Waals surface area contributed by atoms with E-state index in [4.69, 9.17) is 18.0 Å². The molecule has 78 valence electrons. The summed E-state index contributed by atoms with van der Waals surface area (Å²) in [7, 11) is 0. The molecule has 0 atom stereocenters. The smallest absolute Gasteiger partial charge is 0.321 e. The Kier molecular flexibility index (Phi) is 2.55. The van der Waals surface area contributed by atoms with Crippen LogP contribution in [0.3, 0.4) is 0 Å². The molecule has 15 heavy (non-hydrogen) atoms. The molecule has 5 heteroatoms. The Bertz CT molecular complexity index is 393. The number of thiocarbonyl (C=S) groups is 1. The van der Waals surface area contributed by atoms with Crippen LogP contribution >= 0.6 is 12.2 Å². The number of primary amides is 1. The third-order valence-electron chi connectivity index (χ3n) is 2.34. The van der Waals surface area contributed by atoms with E-state index in [9.17, 15) is 4.79 Å². The molecular formula is C10H11N3OS. The quantitative estimate of drug-likeness (QED) is 0.724. The van der Waals surface area contributed by atoms with Crippen LogP contribution in [0.4, 0.5) is 10.5 Å². The van der Waals surface area contributed by atoms with Crippen molar-refractivity contribution < 1.29 is 4.79 Å². The predicted molar refractivity (Wildman–Crippen MR) is 62.7 cm³/mol. The Morgan fingerprint density at radius 2 is 1.93 bits per heavy atom. The maximum atomic E-state index is 11.0. The van der Waals surface area contributed by atoms with Gasteiger partial charge in [-0.05, 0) is 24.4 Å². The first-order valence-corrected chi connectivity index (χ1v) is 5.04. The molecule has 0 radical (unpaired) electrons. The summed E-state index contributed by atoms with van der Waals surface area (Å²) in [6.45, 7) is 1.26. The lowest BCUT2D eigenvalue weighted by atomic mass is 10.3. The summed E-state index contributed by atoms with van der Waals surface area (Å²) >= 11 is 5.17. The van der Waals surface area contributed by atoms with Gasteiger partial charge < -0.3 is 10.6 Å². The second-order valence-electron chi connectivity index (χ2n) is 3.26. The molecule has 1 aromatic carbocycles. The summed E-state index contributed by atoms with van der Waals surface area (Å²) in [5, 5.41) is 0.480. The number of nitrogens with two attached hydrogens (primary N) is 1. The summed E-state index contributed by atoms with van der Waals surface area (Å²) in [6.07, 6.45) is 0. The van der Waals surface area contributed by atoms with Gasteiger partial charge in [0.05, 0.1) is 0 Å². The van der Waals surface area contributed by atoms with Gasteiger partial charge in [-0.1, -0.05) is 18.2 Å². The lowest BCUT2D eigenvalue weighted by molar-refractivity contribution is 0.233. The molecule has 2 rings (SSSR count). The third kappa shape index (κ3) is 1.78. The topological polar surface area (TPSA) is 49.6 Å². The van der Waals surface area contributed by atoms with E-state index in [1.165, 1.54) is 4.90 Å². The number of carbonyl (C=O) groups excluding carboxylic acids is 1. The zero-order valence-corrected chi connectivity index (χ0v) is 8.91. The Balaban J connectivity index is 2.21. The van der Waals surface area contributed by atoms with Gasteiger partial charge in [-0.2, -0.15) is 0 Å². The van der Waals surface area contributed by atoms with Gasteiger partial charge in [0.15, 0.2) is 5.11 Å². The van der Waals surface area contributed by atoms with Crippen molar-refractivity contribution in [3.63, 3.8) is 0 Å². The number of urea groups is 1. The van der Waals surface area contributed by atoms with Crippen LogP contribution in [0.2, 0.25) is 0 Å². The monoisotopic (exact) mass is 221 g/mol. The van der Waals surface area contributed by atoms with Crippen molar-refractivity contribution in [1.29, 1.82) is 0 Å². The van der Waals surface area contributed by atoms with Crippen LogP contribution in [0.1, 0.15) is 0 Å². The fourth-order valence-corrected chi connectivity index (χ4v) is 1.97. The molecule has 1 heterocycles. The first-order chi connectivity index (χ1) is 7.20. The average molecular weight is 221 g/mol. The number of hydrogen-bond acceptors (Lipinski definition) is 2. The summed E-state index contributed by atoms with van der Waals surface area (Å²) in [5.41, 5.74) is 6.19. The fraction of sp³-hybridized carbons (Fsp3) is 0.200. The molecule has 2 N–H and O–H groups in total. The van der Waals surface area contributed by atoms with Gasteiger partial charge >= 0.3 is 6.03 Å². The van der Waals surface area contributed by atoms with E-state index in [-0.39, 0.29) is 0 Å². The lowest BCUT2D eigenvalue weighted by Crippen LogP contribution is -2.39. The molecule has 1 aliphatic heterocycles. The molecule has 1 fully saturated rings. The first-order valence-electron chi connectivity index (χ1n) is 4.63. The average Bonchev–Trinajstić information content (AvgIpc) is 2.61. The van der Waals surface area contributed by atoms with Crippen molar-refractivity contribution in [3.8, 4) is 0 Å². The highest BCUT2D eigenvalue weighted by Crippen LogP contribution is 2.19. The second kappa shape index (κ2) is 3.86. The normalized spacial score (nSPS) is 15.9. The van der Waals surface area contributed by atoms with Crippen molar-refractivity contribution in [3.05, 3.63) is 30.3 Å². The van der Waals surface area contributed by atoms with Gasteiger partial charge in [-0.25, -0.2) is 4.79 Å². The summed E-state index contributed by atoms with van der Waals surface area (Å²) in [6, 6.07) is 9.23. The van der Waals surface area contributed by atoms with E-state index in [1.807, 2.05) is 35.2 Å². The van der Waals surface area contributed by atoms with Crippen LogP contribution in [-0.4, -0.2) is 29.1 Å². The number of carbonyl (C=O) groups is 1. The Morgan fingerprint density at radius 1 is 1.27 bits per heavy atom. The Hall–Kier alpha value is -1.62. The fourth-order valence-electron chi connectivity index (χ4n) is 1.59. The molecule has 1 aromatic rings. The van der Waals surface area contributed by atoms with Crippen molar-refractivity contribution in [2.24, 2.45) is 5.73 Å². The highest BCUT2D eigenvalue weighted by Gasteiger charge is 2.28. The number of benzene rings is 1. The number of rotatable bonds is 1. The van der Waals surface area contributed by atoms with Crippen LogP contribution in [0.5, 0.6) is 0 Å². The molecule has 2 amide bonds. The van der Waals surface area contributed by atoms with Crippen LogP contribution in [0, 0.1) is 0 Å². The van der Waals surface area contributed by atoms with Gasteiger partial charge in [0.2, 0.25) is 0 Å². The first kappa shape index (κ1) is 9.92. The van der Waals surface area contributed by atoms with Crippen LogP contribution in [0.15, 0.2) is 30.3 Å². The van der Waals surface area contributed by atoms with E-state index in [0.29, 0.717) is 18.2 Å². The van der Waals surface area contributed by atoms with E-state index in [1.54, 1.807) is 0 Å². The minimum atomic E-state index is -0.488. The van der Waals surface area contributed by atoms with Crippen LogP contribution in [0.25, 0.3) is 0 Å². The van der Waals surface area contributed by atoms with Gasteiger partial charge in [0.25, 0.3) is 0 Å². The number of nitrogens with zero attached hydrogens (tertiary/aromatic N) is 2. The Labute approximate surface area is 93.3 Å². The highest BCUT2D eigenvalue weighted by molar-refractivity contribution is 7.80. The molecule has 0 spiro atoms. The second-order valence-corrected chi connectivity index (χ2v) is 3.62. The van der Waals surface area contributed by atoms with Crippen molar-refractivity contribution in [2.45, 2.75) is 0 Å². The maximum absolute atomic E-state index is 11.0. The van der Waals surface area contributed by atoms with Gasteiger partial charge in [-0.15, -0.1) is 0 Å². The molecule has 0 aliphatic carbocycles. The van der Waals surface area contributed by atoms with Gasteiger partial charge in [0.1, 0.15) is 0 Å². The Morgan fingerprint density at radius 3 is 2.47 bits per heavy atom. The highest BCUT2D eigenvalue weighted by atomic mass is 32.1. The number of para-hydroxylation sites is 1. The zero-order chi connectivity index (χ0) is 10.8. The predicted octanol–water partition coefficient (Wildman–Crippen LogP) is 1.17. The molecule has 0 aromatic heterocycles. The summed E-state index contributed by atoms with van der Waals surface area (Å²) in [4.78, 5) is 14.3. The standard InChI is InChI=1S/C10H11N3OS/c11-9(14)13-7-6-12(10(13)15)8-4-2-1-3-5-8/h1-5H,6-7H2,(H2,11,14).